The third-order valence-electron chi connectivity index (χ3n) is 2.48. The number of para-hydroxylation sites is 2. The number of sulfone groups is 1. The van der Waals surface area contributed by atoms with Crippen molar-refractivity contribution in [1.82, 2.24) is 0 Å². The van der Waals surface area contributed by atoms with Gasteiger partial charge in [-0.1, -0.05) is 30.3 Å². The number of anilines is 1. The summed E-state index contributed by atoms with van der Waals surface area (Å²) in [5.74, 6) is 0.377. The molecule has 0 aliphatic rings. The second-order valence-electron chi connectivity index (χ2n) is 4.10. The molecule has 0 atom stereocenters. The molecule has 104 valence electrons. The molecular weight excluding hydrogens is 278 g/mol. The number of hydrogen-bond donors (Lipinski definition) is 1. The van der Waals surface area contributed by atoms with Crippen LogP contribution in [0.15, 0.2) is 59.5 Å². The van der Waals surface area contributed by atoms with Crippen molar-refractivity contribution >= 4 is 21.6 Å². The van der Waals surface area contributed by atoms with Gasteiger partial charge in [-0.2, -0.15) is 0 Å². The predicted molar refractivity (Wildman–Crippen MR) is 75.6 cm³/mol. The Hall–Kier alpha value is -2.34. The SMILES string of the molecule is CS(=O)(=O)c1ccccc1NC(=O)Oc1ccccc1. The van der Waals surface area contributed by atoms with E-state index < -0.39 is 15.9 Å². The van der Waals surface area contributed by atoms with Gasteiger partial charge in [-0.15, -0.1) is 0 Å². The zero-order valence-corrected chi connectivity index (χ0v) is 11.6. The van der Waals surface area contributed by atoms with Crippen molar-refractivity contribution in [1.29, 1.82) is 0 Å². The van der Waals surface area contributed by atoms with Crippen molar-refractivity contribution in [2.24, 2.45) is 0 Å². The summed E-state index contributed by atoms with van der Waals surface area (Å²) < 4.78 is 28.2. The number of nitrogens with one attached hydrogen (secondary N) is 1. The summed E-state index contributed by atoms with van der Waals surface area (Å²) in [6.07, 6.45) is 0.336. The predicted octanol–water partition coefficient (Wildman–Crippen LogP) is 2.70. The first-order valence-corrected chi connectivity index (χ1v) is 7.69. The van der Waals surface area contributed by atoms with Gasteiger partial charge in [0.15, 0.2) is 9.84 Å². The number of carbonyl (C=O) groups excluding carboxylic acids is 1. The summed E-state index contributed by atoms with van der Waals surface area (Å²) in [6, 6.07) is 14.7. The number of rotatable bonds is 3. The Bertz CT molecular complexity index is 711. The minimum atomic E-state index is -3.42. The molecular formula is C14H13NO4S. The Morgan fingerprint density at radius 1 is 1.00 bits per heavy atom. The van der Waals surface area contributed by atoms with Crippen molar-refractivity contribution in [2.75, 3.05) is 11.6 Å². The average Bonchev–Trinajstić information content (AvgIpc) is 2.39. The highest BCUT2D eigenvalue weighted by atomic mass is 32.2. The molecule has 0 unspecified atom stereocenters. The standard InChI is InChI=1S/C14H13NO4S/c1-20(17,18)13-10-6-5-9-12(13)15-14(16)19-11-7-3-2-4-8-11/h2-10H,1H3,(H,15,16). The topological polar surface area (TPSA) is 72.5 Å². The van der Waals surface area contributed by atoms with Crippen molar-refractivity contribution in [3.8, 4) is 5.75 Å². The summed E-state index contributed by atoms with van der Waals surface area (Å²) in [5, 5.41) is 2.43. The zero-order chi connectivity index (χ0) is 14.6. The van der Waals surface area contributed by atoms with Crippen LogP contribution in [0.5, 0.6) is 5.75 Å². The maximum absolute atomic E-state index is 11.7. The highest BCUT2D eigenvalue weighted by Crippen LogP contribution is 2.21. The summed E-state index contributed by atoms with van der Waals surface area (Å²) in [4.78, 5) is 11.8. The van der Waals surface area contributed by atoms with Crippen molar-refractivity contribution in [3.63, 3.8) is 0 Å². The third kappa shape index (κ3) is 3.58. The Kier molecular flexibility index (Phi) is 4.05. The molecule has 0 aliphatic carbocycles. The molecule has 0 bridgehead atoms. The first-order chi connectivity index (χ1) is 9.47. The lowest BCUT2D eigenvalue weighted by Gasteiger charge is -2.09. The van der Waals surface area contributed by atoms with E-state index in [2.05, 4.69) is 5.32 Å². The van der Waals surface area contributed by atoms with Gasteiger partial charge in [-0.05, 0) is 24.3 Å². The second kappa shape index (κ2) is 5.75. The van der Waals surface area contributed by atoms with Crippen LogP contribution < -0.4 is 10.1 Å². The van der Waals surface area contributed by atoms with Crippen molar-refractivity contribution in [3.05, 3.63) is 54.6 Å². The van der Waals surface area contributed by atoms with E-state index in [4.69, 9.17) is 4.74 Å². The molecule has 0 spiro atoms. The van der Waals surface area contributed by atoms with Crippen LogP contribution >= 0.6 is 0 Å². The number of ether oxygens (including phenoxy) is 1. The molecule has 5 nitrogen and oxygen atoms in total. The number of benzene rings is 2. The fraction of sp³-hybridized carbons (Fsp3) is 0.0714. The molecule has 0 aliphatic heterocycles. The highest BCUT2D eigenvalue weighted by molar-refractivity contribution is 7.90. The van der Waals surface area contributed by atoms with Gasteiger partial charge in [0.05, 0.1) is 10.6 Å². The van der Waals surface area contributed by atoms with Gasteiger partial charge in [0, 0.05) is 6.26 Å². The van der Waals surface area contributed by atoms with Crippen LogP contribution in [0.4, 0.5) is 10.5 Å². The van der Waals surface area contributed by atoms with Crippen LogP contribution in [-0.2, 0) is 9.84 Å². The Morgan fingerprint density at radius 3 is 2.25 bits per heavy atom. The van der Waals surface area contributed by atoms with Crippen LogP contribution in [0.25, 0.3) is 0 Å². The molecule has 0 fully saturated rings. The summed E-state index contributed by atoms with van der Waals surface area (Å²) in [7, 11) is -3.42. The van der Waals surface area contributed by atoms with Crippen LogP contribution in [0.3, 0.4) is 0 Å². The number of hydrogen-bond acceptors (Lipinski definition) is 4. The molecule has 0 aromatic heterocycles. The lowest BCUT2D eigenvalue weighted by Crippen LogP contribution is -2.18. The van der Waals surface area contributed by atoms with Crippen molar-refractivity contribution in [2.45, 2.75) is 4.90 Å². The van der Waals surface area contributed by atoms with Crippen LogP contribution in [0.2, 0.25) is 0 Å². The zero-order valence-electron chi connectivity index (χ0n) is 10.7. The molecule has 6 heteroatoms. The van der Waals surface area contributed by atoms with Gasteiger partial charge in [-0.3, -0.25) is 5.32 Å². The van der Waals surface area contributed by atoms with E-state index in [1.165, 1.54) is 12.1 Å². The monoisotopic (exact) mass is 291 g/mol. The second-order valence-corrected chi connectivity index (χ2v) is 6.08. The van der Waals surface area contributed by atoms with Crippen LogP contribution in [0, 0.1) is 0 Å². The van der Waals surface area contributed by atoms with Crippen molar-refractivity contribution < 1.29 is 17.9 Å². The smallest absolute Gasteiger partial charge is 0.410 e. The van der Waals surface area contributed by atoms with Gasteiger partial charge in [0.2, 0.25) is 0 Å². The van der Waals surface area contributed by atoms with E-state index in [0.717, 1.165) is 6.26 Å². The fourth-order valence-electron chi connectivity index (χ4n) is 1.62. The summed E-state index contributed by atoms with van der Waals surface area (Å²) in [6.45, 7) is 0. The van der Waals surface area contributed by atoms with Gasteiger partial charge < -0.3 is 4.74 Å². The summed E-state index contributed by atoms with van der Waals surface area (Å²) >= 11 is 0. The summed E-state index contributed by atoms with van der Waals surface area (Å²) in [5.41, 5.74) is 0.191. The maximum atomic E-state index is 11.7. The molecule has 0 heterocycles. The Labute approximate surface area is 117 Å². The fourth-order valence-corrected chi connectivity index (χ4v) is 2.47. The van der Waals surface area contributed by atoms with E-state index >= 15 is 0 Å². The lowest BCUT2D eigenvalue weighted by molar-refractivity contribution is 0.215. The van der Waals surface area contributed by atoms with Gasteiger partial charge in [-0.25, -0.2) is 13.2 Å². The number of carbonyl (C=O) groups is 1. The van der Waals surface area contributed by atoms with Gasteiger partial charge in [0.25, 0.3) is 0 Å². The largest absolute Gasteiger partial charge is 0.417 e. The van der Waals surface area contributed by atoms with Crippen LogP contribution in [-0.4, -0.2) is 20.8 Å². The minimum absolute atomic E-state index is 0.0463. The lowest BCUT2D eigenvalue weighted by atomic mass is 10.3. The maximum Gasteiger partial charge on any atom is 0.417 e. The van der Waals surface area contributed by atoms with E-state index in [-0.39, 0.29) is 10.6 Å². The highest BCUT2D eigenvalue weighted by Gasteiger charge is 2.15. The number of amides is 1. The van der Waals surface area contributed by atoms with E-state index in [9.17, 15) is 13.2 Å². The van der Waals surface area contributed by atoms with Gasteiger partial charge in [0.1, 0.15) is 5.75 Å². The van der Waals surface area contributed by atoms with E-state index in [0.29, 0.717) is 5.75 Å². The molecule has 0 saturated heterocycles. The molecule has 0 radical (unpaired) electrons. The molecule has 2 aromatic rings. The first kappa shape index (κ1) is 14.1. The average molecular weight is 291 g/mol. The molecule has 2 rings (SSSR count). The molecule has 1 N–H and O–H groups in total. The third-order valence-corrected chi connectivity index (χ3v) is 3.63. The van der Waals surface area contributed by atoms with Crippen LogP contribution in [0.1, 0.15) is 0 Å². The quantitative estimate of drug-likeness (QED) is 0.943. The molecule has 0 saturated carbocycles. The normalized spacial score (nSPS) is 10.8. The Balaban J connectivity index is 2.17. The van der Waals surface area contributed by atoms with Gasteiger partial charge >= 0.3 is 6.09 Å². The molecule has 2 aromatic carbocycles. The molecule has 1 amide bonds. The van der Waals surface area contributed by atoms with E-state index in [1.54, 1.807) is 42.5 Å². The molecule has 20 heavy (non-hydrogen) atoms. The van der Waals surface area contributed by atoms with E-state index in [1.807, 2.05) is 0 Å². The first-order valence-electron chi connectivity index (χ1n) is 5.80. The minimum Gasteiger partial charge on any atom is -0.410 e. The Morgan fingerprint density at radius 2 is 1.60 bits per heavy atom.